The maximum absolute atomic E-state index is 12.0. The highest BCUT2D eigenvalue weighted by Crippen LogP contribution is 2.17. The van der Waals surface area contributed by atoms with Crippen molar-refractivity contribution in [3.8, 4) is 0 Å². The van der Waals surface area contributed by atoms with E-state index in [9.17, 15) is 14.9 Å². The predicted octanol–water partition coefficient (Wildman–Crippen LogP) is 2.51. The van der Waals surface area contributed by atoms with Crippen LogP contribution >= 0.6 is 11.3 Å². The van der Waals surface area contributed by atoms with Crippen molar-refractivity contribution in [1.82, 2.24) is 10.3 Å². The van der Waals surface area contributed by atoms with Gasteiger partial charge in [-0.25, -0.2) is 4.98 Å². The second kappa shape index (κ2) is 6.99. The Morgan fingerprint density at radius 3 is 2.50 bits per heavy atom. The fourth-order valence-corrected chi connectivity index (χ4v) is 2.74. The largest absolute Gasteiger partial charge is 0.383 e. The minimum atomic E-state index is -0.441. The van der Waals surface area contributed by atoms with Crippen molar-refractivity contribution in [3.05, 3.63) is 50.0 Å². The van der Waals surface area contributed by atoms with Crippen molar-refractivity contribution in [3.63, 3.8) is 0 Å². The molecule has 0 radical (unpaired) electrons. The Bertz CT molecular complexity index is 682. The van der Waals surface area contributed by atoms with Gasteiger partial charge in [-0.2, -0.15) is 0 Å². The predicted molar refractivity (Wildman–Crippen MR) is 85.5 cm³/mol. The summed E-state index contributed by atoms with van der Waals surface area (Å²) in [7, 11) is 0. The maximum Gasteiger partial charge on any atom is 0.269 e. The molecule has 0 spiro atoms. The molecule has 1 amide bonds. The fourth-order valence-electron chi connectivity index (χ4n) is 1.91. The number of aromatic nitrogens is 1. The zero-order valence-electron chi connectivity index (χ0n) is 12.3. The third-order valence-corrected chi connectivity index (χ3v) is 4.00. The van der Waals surface area contributed by atoms with Gasteiger partial charge < -0.3 is 10.6 Å². The summed E-state index contributed by atoms with van der Waals surface area (Å²) >= 11 is 1.37. The maximum atomic E-state index is 12.0. The first-order chi connectivity index (χ1) is 10.5. The molecule has 0 fully saturated rings. The van der Waals surface area contributed by atoms with E-state index in [2.05, 4.69) is 15.6 Å². The van der Waals surface area contributed by atoms with Gasteiger partial charge in [0.25, 0.3) is 11.6 Å². The molecular formula is C14H16N4O3S. The Morgan fingerprint density at radius 2 is 1.95 bits per heavy atom. The summed E-state index contributed by atoms with van der Waals surface area (Å²) < 4.78 is 0. The third-order valence-electron chi connectivity index (χ3n) is 2.93. The van der Waals surface area contributed by atoms with Gasteiger partial charge in [0.05, 0.1) is 15.6 Å². The minimum Gasteiger partial charge on any atom is -0.383 e. The number of nitrogens with one attached hydrogen (secondary N) is 2. The molecule has 1 aromatic carbocycles. The van der Waals surface area contributed by atoms with Gasteiger partial charge in [0.2, 0.25) is 0 Å². The van der Waals surface area contributed by atoms with Crippen LogP contribution in [0.1, 0.15) is 20.4 Å². The number of rotatable bonds is 6. The normalized spacial score (nSPS) is 10.3. The van der Waals surface area contributed by atoms with Crippen LogP contribution < -0.4 is 10.6 Å². The van der Waals surface area contributed by atoms with E-state index in [1.807, 2.05) is 13.8 Å². The molecule has 7 nitrogen and oxygen atoms in total. The van der Waals surface area contributed by atoms with Crippen LogP contribution in [-0.2, 0) is 0 Å². The lowest BCUT2D eigenvalue weighted by molar-refractivity contribution is -0.384. The van der Waals surface area contributed by atoms with Crippen molar-refractivity contribution in [1.29, 1.82) is 0 Å². The van der Waals surface area contributed by atoms with E-state index in [1.54, 1.807) is 12.1 Å². The van der Waals surface area contributed by atoms with Gasteiger partial charge in [-0.15, -0.1) is 11.3 Å². The number of aryl methyl sites for hydroxylation is 2. The van der Waals surface area contributed by atoms with Crippen LogP contribution in [0.15, 0.2) is 24.3 Å². The average molecular weight is 320 g/mol. The molecule has 2 rings (SSSR count). The molecule has 8 heteroatoms. The number of nitro benzene ring substituents is 1. The van der Waals surface area contributed by atoms with Crippen molar-refractivity contribution in [2.45, 2.75) is 13.8 Å². The van der Waals surface area contributed by atoms with Gasteiger partial charge in [0, 0.05) is 30.9 Å². The van der Waals surface area contributed by atoms with Crippen LogP contribution in [-0.4, -0.2) is 28.9 Å². The summed E-state index contributed by atoms with van der Waals surface area (Å²) in [5.74, 6) is -0.131. The Kier molecular flexibility index (Phi) is 5.05. The molecule has 0 aliphatic carbocycles. The van der Waals surface area contributed by atoms with Gasteiger partial charge in [-0.05, 0) is 26.0 Å². The molecule has 22 heavy (non-hydrogen) atoms. The summed E-state index contributed by atoms with van der Waals surface area (Å²) in [6, 6.07) is 6.14. The number of nitro groups is 1. The number of carbonyl (C=O) groups is 1. The smallest absolute Gasteiger partial charge is 0.269 e. The van der Waals surface area contributed by atoms with Gasteiger partial charge in [-0.1, -0.05) is 0 Å². The number of amides is 1. The fraction of sp³-hybridized carbons (Fsp3) is 0.286. The molecule has 116 valence electrons. The van der Waals surface area contributed by atoms with Gasteiger partial charge in [0.15, 0.2) is 0 Å². The first kappa shape index (κ1) is 15.9. The van der Waals surface area contributed by atoms with E-state index in [4.69, 9.17) is 0 Å². The minimum absolute atomic E-state index is 0.0508. The van der Waals surface area contributed by atoms with E-state index in [0.717, 1.165) is 16.4 Å². The zero-order valence-corrected chi connectivity index (χ0v) is 13.1. The summed E-state index contributed by atoms with van der Waals surface area (Å²) in [6.07, 6.45) is 0. The summed E-state index contributed by atoms with van der Waals surface area (Å²) in [5.41, 5.74) is 1.56. The van der Waals surface area contributed by atoms with Crippen molar-refractivity contribution < 1.29 is 9.72 Å². The van der Waals surface area contributed by atoms with E-state index in [-0.39, 0.29) is 11.6 Å². The molecule has 0 atom stereocenters. The first-order valence-electron chi connectivity index (χ1n) is 6.68. The van der Waals surface area contributed by atoms with Crippen LogP contribution in [0.4, 0.5) is 11.4 Å². The number of benzene rings is 1. The number of hydrogen-bond donors (Lipinski definition) is 2. The third kappa shape index (κ3) is 4.01. The van der Waals surface area contributed by atoms with Crippen LogP contribution in [0.5, 0.6) is 0 Å². The first-order valence-corrected chi connectivity index (χ1v) is 7.49. The number of thiazole rings is 1. The highest BCUT2D eigenvalue weighted by Gasteiger charge is 2.12. The molecule has 0 bridgehead atoms. The van der Waals surface area contributed by atoms with E-state index in [0.29, 0.717) is 18.0 Å². The van der Waals surface area contributed by atoms with Crippen LogP contribution in [0.3, 0.4) is 0 Å². The van der Waals surface area contributed by atoms with Crippen molar-refractivity contribution in [2.75, 3.05) is 18.4 Å². The molecular weight excluding hydrogens is 304 g/mol. The Hall–Kier alpha value is -2.48. The van der Waals surface area contributed by atoms with Gasteiger partial charge in [0.1, 0.15) is 4.88 Å². The number of nitrogens with zero attached hydrogens (tertiary/aromatic N) is 2. The monoisotopic (exact) mass is 320 g/mol. The molecule has 0 aliphatic heterocycles. The SMILES string of the molecule is Cc1nc(C)c(C(=O)NCCNc2ccc([N+](=O)[O-])cc2)s1. The Balaban J connectivity index is 1.78. The Labute approximate surface area is 131 Å². The number of hydrogen-bond acceptors (Lipinski definition) is 6. The lowest BCUT2D eigenvalue weighted by atomic mass is 10.3. The number of carbonyl (C=O) groups excluding carboxylic acids is 1. The highest BCUT2D eigenvalue weighted by molar-refractivity contribution is 7.13. The summed E-state index contributed by atoms with van der Waals surface area (Å²) in [6.45, 7) is 4.66. The summed E-state index contributed by atoms with van der Waals surface area (Å²) in [4.78, 5) is 26.9. The second-order valence-electron chi connectivity index (χ2n) is 4.63. The number of anilines is 1. The quantitative estimate of drug-likeness (QED) is 0.484. The molecule has 0 saturated heterocycles. The molecule has 0 aliphatic rings. The second-order valence-corrected chi connectivity index (χ2v) is 5.84. The molecule has 0 saturated carbocycles. The Morgan fingerprint density at radius 1 is 1.27 bits per heavy atom. The van der Waals surface area contributed by atoms with Crippen LogP contribution in [0.25, 0.3) is 0 Å². The van der Waals surface area contributed by atoms with E-state index < -0.39 is 4.92 Å². The van der Waals surface area contributed by atoms with Gasteiger partial charge >= 0.3 is 0 Å². The van der Waals surface area contributed by atoms with E-state index >= 15 is 0 Å². The highest BCUT2D eigenvalue weighted by atomic mass is 32.1. The molecule has 2 N–H and O–H groups in total. The lowest BCUT2D eigenvalue weighted by Crippen LogP contribution is -2.28. The lowest BCUT2D eigenvalue weighted by Gasteiger charge is -2.07. The molecule has 0 unspecified atom stereocenters. The standard InChI is InChI=1S/C14H16N4O3S/c1-9-13(22-10(2)17-9)14(19)16-8-7-15-11-3-5-12(6-4-11)18(20)21/h3-6,15H,7-8H2,1-2H3,(H,16,19). The average Bonchev–Trinajstić information content (AvgIpc) is 2.82. The zero-order chi connectivity index (χ0) is 16.1. The van der Waals surface area contributed by atoms with Crippen molar-refractivity contribution in [2.24, 2.45) is 0 Å². The molecule has 1 aromatic heterocycles. The van der Waals surface area contributed by atoms with Gasteiger partial charge in [-0.3, -0.25) is 14.9 Å². The topological polar surface area (TPSA) is 97.2 Å². The van der Waals surface area contributed by atoms with E-state index in [1.165, 1.54) is 23.5 Å². The summed E-state index contributed by atoms with van der Waals surface area (Å²) in [5, 5.41) is 17.3. The van der Waals surface area contributed by atoms with Crippen LogP contribution in [0, 0.1) is 24.0 Å². The van der Waals surface area contributed by atoms with Crippen molar-refractivity contribution >= 4 is 28.6 Å². The van der Waals surface area contributed by atoms with Crippen LogP contribution in [0.2, 0.25) is 0 Å². The molecule has 2 aromatic rings. The molecule has 1 heterocycles. The number of non-ortho nitro benzene ring substituents is 1.